The van der Waals surface area contributed by atoms with Crippen molar-refractivity contribution in [3.63, 3.8) is 0 Å². The van der Waals surface area contributed by atoms with Gasteiger partial charge in [0.15, 0.2) is 0 Å². The lowest BCUT2D eigenvalue weighted by Crippen LogP contribution is -2.43. The van der Waals surface area contributed by atoms with E-state index in [0.717, 1.165) is 19.3 Å². The van der Waals surface area contributed by atoms with Crippen LogP contribution in [0.25, 0.3) is 0 Å². The van der Waals surface area contributed by atoms with Crippen LogP contribution < -0.4 is 5.32 Å². The molecule has 8 nitrogen and oxygen atoms in total. The van der Waals surface area contributed by atoms with Crippen LogP contribution in [0, 0.1) is 0 Å². The molecular weight excluding hydrogens is 350 g/mol. The number of carbonyl (C=O) groups is 3. The number of pyridine rings is 1. The molecule has 0 aromatic carbocycles. The number of nitrogens with zero attached hydrogens (tertiary/aromatic N) is 2. The summed E-state index contributed by atoms with van der Waals surface area (Å²) in [7, 11) is 0. The summed E-state index contributed by atoms with van der Waals surface area (Å²) < 4.78 is 9.80. The van der Waals surface area contributed by atoms with Crippen molar-refractivity contribution in [1.29, 1.82) is 0 Å². The molecule has 0 aliphatic heterocycles. The van der Waals surface area contributed by atoms with Crippen molar-refractivity contribution in [3.8, 4) is 0 Å². The van der Waals surface area contributed by atoms with Gasteiger partial charge in [-0.25, -0.2) is 4.79 Å². The van der Waals surface area contributed by atoms with Crippen LogP contribution >= 0.6 is 0 Å². The highest BCUT2D eigenvalue weighted by molar-refractivity contribution is 5.80. The summed E-state index contributed by atoms with van der Waals surface area (Å²) in [6, 6.07) is 5.06. The van der Waals surface area contributed by atoms with Crippen molar-refractivity contribution in [2.45, 2.75) is 46.1 Å². The number of urea groups is 1. The molecule has 27 heavy (non-hydrogen) atoms. The van der Waals surface area contributed by atoms with Crippen LogP contribution in [0.5, 0.6) is 0 Å². The molecule has 1 rings (SSSR count). The van der Waals surface area contributed by atoms with Crippen LogP contribution in [0.2, 0.25) is 0 Å². The summed E-state index contributed by atoms with van der Waals surface area (Å²) in [6.45, 7) is 4.69. The van der Waals surface area contributed by atoms with Crippen molar-refractivity contribution in [3.05, 3.63) is 30.1 Å². The van der Waals surface area contributed by atoms with E-state index in [1.165, 1.54) is 4.90 Å². The van der Waals surface area contributed by atoms with Crippen molar-refractivity contribution in [2.75, 3.05) is 26.3 Å². The van der Waals surface area contributed by atoms with Crippen molar-refractivity contribution in [2.24, 2.45) is 0 Å². The number of hydrogen-bond donors (Lipinski definition) is 1. The van der Waals surface area contributed by atoms with E-state index in [9.17, 15) is 14.4 Å². The van der Waals surface area contributed by atoms with Crippen molar-refractivity contribution < 1.29 is 23.9 Å². The third-order valence-electron chi connectivity index (χ3n) is 3.63. The maximum atomic E-state index is 12.4. The molecule has 1 heterocycles. The van der Waals surface area contributed by atoms with E-state index in [0.29, 0.717) is 25.3 Å². The second-order valence-electron chi connectivity index (χ2n) is 5.83. The third kappa shape index (κ3) is 10.2. The Labute approximate surface area is 160 Å². The van der Waals surface area contributed by atoms with Gasteiger partial charge in [0.2, 0.25) is 0 Å². The summed E-state index contributed by atoms with van der Waals surface area (Å²) in [6.07, 6.45) is 4.28. The van der Waals surface area contributed by atoms with Crippen LogP contribution in [0.15, 0.2) is 24.4 Å². The standard InChI is InChI=1S/C19H29N3O5/c1-3-26-17(23)11-6-5-8-13-21-19(25)22(15-18(24)27-4-2)14-16-10-7-9-12-20-16/h7,9-10,12H,3-6,8,11,13-15H2,1-2H3,(H,21,25). The fourth-order valence-electron chi connectivity index (χ4n) is 2.36. The Bertz CT molecular complexity index is 580. The van der Waals surface area contributed by atoms with Gasteiger partial charge in [-0.15, -0.1) is 0 Å². The zero-order valence-electron chi connectivity index (χ0n) is 16.1. The number of esters is 2. The smallest absolute Gasteiger partial charge is 0.325 e. The quantitative estimate of drug-likeness (QED) is 0.442. The van der Waals surface area contributed by atoms with E-state index in [-0.39, 0.29) is 31.7 Å². The number of rotatable bonds is 12. The molecule has 8 heteroatoms. The topological polar surface area (TPSA) is 97.8 Å². The molecule has 0 aliphatic rings. The molecule has 0 fully saturated rings. The summed E-state index contributed by atoms with van der Waals surface area (Å²) in [5.41, 5.74) is 0.686. The number of carbonyl (C=O) groups excluding carboxylic acids is 3. The van der Waals surface area contributed by atoms with Gasteiger partial charge in [-0.05, 0) is 38.8 Å². The lowest BCUT2D eigenvalue weighted by molar-refractivity contribution is -0.144. The van der Waals surface area contributed by atoms with Crippen LogP contribution in [-0.4, -0.2) is 54.2 Å². The van der Waals surface area contributed by atoms with Crippen LogP contribution in [0.4, 0.5) is 4.79 Å². The first-order chi connectivity index (χ1) is 13.1. The molecule has 0 atom stereocenters. The van der Waals surface area contributed by atoms with Gasteiger partial charge < -0.3 is 19.7 Å². The Balaban J connectivity index is 2.41. The molecular formula is C19H29N3O5. The van der Waals surface area contributed by atoms with Gasteiger partial charge >= 0.3 is 18.0 Å². The Morgan fingerprint density at radius 1 is 1.04 bits per heavy atom. The first-order valence-electron chi connectivity index (χ1n) is 9.30. The predicted octanol–water partition coefficient (Wildman–Crippen LogP) is 2.28. The second-order valence-corrected chi connectivity index (χ2v) is 5.83. The van der Waals surface area contributed by atoms with Crippen LogP contribution in [-0.2, 0) is 25.6 Å². The molecule has 0 bridgehead atoms. The molecule has 0 saturated heterocycles. The monoisotopic (exact) mass is 379 g/mol. The van der Waals surface area contributed by atoms with E-state index in [2.05, 4.69) is 10.3 Å². The summed E-state index contributed by atoms with van der Waals surface area (Å²) >= 11 is 0. The molecule has 0 radical (unpaired) electrons. The number of ether oxygens (including phenoxy) is 2. The molecule has 150 valence electrons. The lowest BCUT2D eigenvalue weighted by Gasteiger charge is -2.21. The van der Waals surface area contributed by atoms with E-state index >= 15 is 0 Å². The van der Waals surface area contributed by atoms with Gasteiger partial charge in [0.1, 0.15) is 6.54 Å². The predicted molar refractivity (Wildman–Crippen MR) is 99.8 cm³/mol. The fourth-order valence-corrected chi connectivity index (χ4v) is 2.36. The van der Waals surface area contributed by atoms with Crippen LogP contribution in [0.3, 0.4) is 0 Å². The molecule has 0 aliphatic carbocycles. The van der Waals surface area contributed by atoms with Gasteiger partial charge in [0.25, 0.3) is 0 Å². The van der Waals surface area contributed by atoms with Gasteiger partial charge in [-0.2, -0.15) is 0 Å². The number of hydrogen-bond acceptors (Lipinski definition) is 6. The molecule has 0 unspecified atom stereocenters. The average Bonchev–Trinajstić information content (AvgIpc) is 2.65. The van der Waals surface area contributed by atoms with E-state index < -0.39 is 5.97 Å². The zero-order valence-corrected chi connectivity index (χ0v) is 16.1. The van der Waals surface area contributed by atoms with Crippen LogP contribution in [0.1, 0.15) is 45.2 Å². The van der Waals surface area contributed by atoms with E-state index in [1.807, 2.05) is 6.07 Å². The van der Waals surface area contributed by atoms with Crippen molar-refractivity contribution >= 4 is 18.0 Å². The minimum absolute atomic E-state index is 0.140. The maximum Gasteiger partial charge on any atom is 0.325 e. The minimum atomic E-state index is -0.460. The van der Waals surface area contributed by atoms with Crippen molar-refractivity contribution in [1.82, 2.24) is 15.2 Å². The highest BCUT2D eigenvalue weighted by Crippen LogP contribution is 2.04. The number of nitrogens with one attached hydrogen (secondary N) is 1. The molecule has 2 amide bonds. The summed E-state index contributed by atoms with van der Waals surface area (Å²) in [5, 5.41) is 2.80. The molecule has 0 spiro atoms. The second kappa shape index (κ2) is 13.5. The SMILES string of the molecule is CCOC(=O)CCCCCNC(=O)N(CC(=O)OCC)Cc1ccccn1. The van der Waals surface area contributed by atoms with Gasteiger partial charge in [0.05, 0.1) is 25.5 Å². The Morgan fingerprint density at radius 2 is 1.78 bits per heavy atom. The maximum absolute atomic E-state index is 12.4. The number of aromatic nitrogens is 1. The highest BCUT2D eigenvalue weighted by atomic mass is 16.5. The Hall–Kier alpha value is -2.64. The average molecular weight is 379 g/mol. The molecule has 1 N–H and O–H groups in total. The first kappa shape index (κ1) is 22.4. The van der Waals surface area contributed by atoms with E-state index in [1.54, 1.807) is 32.2 Å². The lowest BCUT2D eigenvalue weighted by atomic mass is 10.2. The number of amides is 2. The molecule has 1 aromatic rings. The largest absolute Gasteiger partial charge is 0.466 e. The van der Waals surface area contributed by atoms with Gasteiger partial charge in [0, 0.05) is 19.2 Å². The highest BCUT2D eigenvalue weighted by Gasteiger charge is 2.18. The zero-order chi connectivity index (χ0) is 19.9. The van der Waals surface area contributed by atoms with E-state index in [4.69, 9.17) is 9.47 Å². The Morgan fingerprint density at radius 3 is 2.44 bits per heavy atom. The normalized spacial score (nSPS) is 10.1. The molecule has 0 saturated carbocycles. The first-order valence-corrected chi connectivity index (χ1v) is 9.30. The summed E-state index contributed by atoms with van der Waals surface area (Å²) in [5.74, 6) is -0.657. The Kier molecular flexibility index (Phi) is 11.2. The summed E-state index contributed by atoms with van der Waals surface area (Å²) in [4.78, 5) is 41.0. The van der Waals surface area contributed by atoms with Gasteiger partial charge in [-0.3, -0.25) is 14.6 Å². The minimum Gasteiger partial charge on any atom is -0.466 e. The third-order valence-corrected chi connectivity index (χ3v) is 3.63. The molecule has 1 aromatic heterocycles. The van der Waals surface area contributed by atoms with Gasteiger partial charge in [-0.1, -0.05) is 12.5 Å². The fraction of sp³-hybridized carbons (Fsp3) is 0.579. The number of unbranched alkanes of at least 4 members (excludes halogenated alkanes) is 2.